The number of sulfonamides is 1. The van der Waals surface area contributed by atoms with E-state index in [0.717, 1.165) is 11.1 Å². The molecule has 0 spiro atoms. The number of hydrogen-bond acceptors (Lipinski definition) is 3. The van der Waals surface area contributed by atoms with Gasteiger partial charge < -0.3 is 4.74 Å². The molecule has 0 amide bonds. The molecule has 0 aliphatic carbocycles. The number of fused-ring (bicyclic) bond motifs is 1. The first kappa shape index (κ1) is 13.8. The molecule has 2 aromatic rings. The van der Waals surface area contributed by atoms with Gasteiger partial charge in [0.25, 0.3) is 10.0 Å². The second kappa shape index (κ2) is 5.33. The largest absolute Gasteiger partial charge is 0.492 e. The Hall–Kier alpha value is -2.14. The molecule has 0 atom stereocenters. The first-order valence-electron chi connectivity index (χ1n) is 6.69. The summed E-state index contributed by atoms with van der Waals surface area (Å²) in [4.78, 5) is 0.213. The molecule has 1 heterocycles. The van der Waals surface area contributed by atoms with Gasteiger partial charge in [0.2, 0.25) is 0 Å². The highest BCUT2D eigenvalue weighted by Crippen LogP contribution is 2.26. The van der Waals surface area contributed by atoms with Crippen LogP contribution in [0.15, 0.2) is 57.8 Å². The third kappa shape index (κ3) is 2.83. The molecule has 0 aromatic heterocycles. The molecule has 4 nitrogen and oxygen atoms in total. The molecule has 0 N–H and O–H groups in total. The van der Waals surface area contributed by atoms with Crippen LogP contribution in [0.25, 0.3) is 0 Å². The van der Waals surface area contributed by atoms with E-state index in [0.29, 0.717) is 24.5 Å². The van der Waals surface area contributed by atoms with Crippen molar-refractivity contribution in [1.29, 1.82) is 0 Å². The number of benzene rings is 2. The quantitative estimate of drug-likeness (QED) is 0.857. The molecule has 108 valence electrons. The summed E-state index contributed by atoms with van der Waals surface area (Å²) >= 11 is 0. The van der Waals surface area contributed by atoms with Gasteiger partial charge in [-0.15, -0.1) is 0 Å². The minimum atomic E-state index is -3.69. The summed E-state index contributed by atoms with van der Waals surface area (Å²) in [5, 5.41) is 0. The maximum absolute atomic E-state index is 12.4. The third-order valence-corrected chi connectivity index (χ3v) is 4.67. The summed E-state index contributed by atoms with van der Waals surface area (Å²) in [6, 6.07) is 14.1. The van der Waals surface area contributed by atoms with Crippen LogP contribution in [0.1, 0.15) is 17.5 Å². The number of para-hydroxylation sites is 1. The van der Waals surface area contributed by atoms with Crippen LogP contribution in [0.4, 0.5) is 0 Å². The van der Waals surface area contributed by atoms with Crippen LogP contribution >= 0.6 is 0 Å². The first-order chi connectivity index (χ1) is 10.1. The topological polar surface area (TPSA) is 55.7 Å². The fourth-order valence-corrected chi connectivity index (χ4v) is 3.29. The van der Waals surface area contributed by atoms with Crippen molar-refractivity contribution in [3.63, 3.8) is 0 Å². The van der Waals surface area contributed by atoms with E-state index in [1.165, 1.54) is 0 Å². The highest BCUT2D eigenvalue weighted by atomic mass is 32.2. The van der Waals surface area contributed by atoms with E-state index in [4.69, 9.17) is 4.74 Å². The summed E-state index contributed by atoms with van der Waals surface area (Å²) in [5.41, 5.74) is 2.31. The molecule has 0 radical (unpaired) electrons. The van der Waals surface area contributed by atoms with Gasteiger partial charge in [0, 0.05) is 12.0 Å². The van der Waals surface area contributed by atoms with Crippen molar-refractivity contribution in [2.24, 2.45) is 4.40 Å². The number of ether oxygens (including phenoxy) is 1. The monoisotopic (exact) mass is 301 g/mol. The van der Waals surface area contributed by atoms with Crippen LogP contribution in [0, 0.1) is 6.92 Å². The van der Waals surface area contributed by atoms with Gasteiger partial charge >= 0.3 is 0 Å². The van der Waals surface area contributed by atoms with Crippen molar-refractivity contribution >= 4 is 15.7 Å². The summed E-state index contributed by atoms with van der Waals surface area (Å²) in [6.45, 7) is 2.36. The maximum atomic E-state index is 12.4. The van der Waals surface area contributed by atoms with E-state index in [1.54, 1.807) is 24.3 Å². The van der Waals surface area contributed by atoms with Gasteiger partial charge in [0.15, 0.2) is 0 Å². The Labute approximate surface area is 124 Å². The molecular weight excluding hydrogens is 286 g/mol. The van der Waals surface area contributed by atoms with Crippen molar-refractivity contribution in [3.05, 3.63) is 59.7 Å². The standard InChI is InChI=1S/C16H15NO3S/c1-12-6-8-13(9-7-12)21(18,19)17-15-10-11-20-16-5-3-2-4-14(15)16/h2-9H,10-11H2,1H3/b17-15-. The lowest BCUT2D eigenvalue weighted by molar-refractivity contribution is 0.320. The third-order valence-electron chi connectivity index (χ3n) is 3.34. The predicted molar refractivity (Wildman–Crippen MR) is 81.5 cm³/mol. The minimum absolute atomic E-state index is 0.213. The maximum Gasteiger partial charge on any atom is 0.282 e. The molecule has 1 aliphatic rings. The van der Waals surface area contributed by atoms with Crippen LogP contribution in [-0.2, 0) is 10.0 Å². The van der Waals surface area contributed by atoms with Crippen LogP contribution < -0.4 is 4.74 Å². The van der Waals surface area contributed by atoms with Crippen LogP contribution in [0.3, 0.4) is 0 Å². The van der Waals surface area contributed by atoms with Gasteiger partial charge in [-0.2, -0.15) is 12.8 Å². The fraction of sp³-hybridized carbons (Fsp3) is 0.188. The zero-order valence-corrected chi connectivity index (χ0v) is 12.4. The Kier molecular flexibility index (Phi) is 3.51. The molecule has 0 fully saturated rings. The van der Waals surface area contributed by atoms with Gasteiger partial charge in [-0.3, -0.25) is 0 Å². The molecule has 0 bridgehead atoms. The summed E-state index contributed by atoms with van der Waals surface area (Å²) in [7, 11) is -3.69. The van der Waals surface area contributed by atoms with Crippen LogP contribution in [0.5, 0.6) is 5.75 Å². The molecular formula is C16H15NO3S. The van der Waals surface area contributed by atoms with Crippen molar-refractivity contribution in [3.8, 4) is 5.75 Å². The molecule has 21 heavy (non-hydrogen) atoms. The Morgan fingerprint density at radius 2 is 1.76 bits per heavy atom. The minimum Gasteiger partial charge on any atom is -0.492 e. The molecule has 3 rings (SSSR count). The molecule has 0 saturated carbocycles. The van der Waals surface area contributed by atoms with Crippen molar-refractivity contribution in [2.45, 2.75) is 18.2 Å². The Bertz CT molecular complexity index is 793. The summed E-state index contributed by atoms with van der Waals surface area (Å²) in [6.07, 6.45) is 0.488. The Morgan fingerprint density at radius 1 is 1.05 bits per heavy atom. The van der Waals surface area contributed by atoms with Gasteiger partial charge in [0.05, 0.1) is 17.2 Å². The Balaban J connectivity index is 2.04. The van der Waals surface area contributed by atoms with E-state index >= 15 is 0 Å². The zero-order valence-electron chi connectivity index (χ0n) is 11.6. The average Bonchev–Trinajstić information content (AvgIpc) is 2.48. The fourth-order valence-electron chi connectivity index (χ4n) is 2.23. The number of nitrogens with zero attached hydrogens (tertiary/aromatic N) is 1. The molecule has 5 heteroatoms. The first-order valence-corrected chi connectivity index (χ1v) is 8.13. The SMILES string of the molecule is Cc1ccc(S(=O)(=O)/N=C2/CCOc3ccccc32)cc1. The average molecular weight is 301 g/mol. The zero-order chi connectivity index (χ0) is 14.9. The number of rotatable bonds is 2. The van der Waals surface area contributed by atoms with Gasteiger partial charge in [-0.25, -0.2) is 0 Å². The highest BCUT2D eigenvalue weighted by Gasteiger charge is 2.20. The van der Waals surface area contributed by atoms with E-state index in [-0.39, 0.29) is 4.90 Å². The molecule has 0 saturated heterocycles. The molecule has 2 aromatic carbocycles. The van der Waals surface area contributed by atoms with Crippen molar-refractivity contribution in [1.82, 2.24) is 0 Å². The van der Waals surface area contributed by atoms with E-state index in [2.05, 4.69) is 4.40 Å². The van der Waals surface area contributed by atoms with Gasteiger partial charge in [-0.1, -0.05) is 29.8 Å². The Morgan fingerprint density at radius 3 is 2.52 bits per heavy atom. The smallest absolute Gasteiger partial charge is 0.282 e. The second-order valence-corrected chi connectivity index (χ2v) is 6.52. The molecule has 0 unspecified atom stereocenters. The number of hydrogen-bond donors (Lipinski definition) is 0. The van der Waals surface area contributed by atoms with E-state index in [1.807, 2.05) is 31.2 Å². The lowest BCUT2D eigenvalue weighted by Crippen LogP contribution is -2.17. The lowest BCUT2D eigenvalue weighted by Gasteiger charge is -2.18. The van der Waals surface area contributed by atoms with E-state index < -0.39 is 10.0 Å². The summed E-state index contributed by atoms with van der Waals surface area (Å²) < 4.78 is 34.3. The normalized spacial score (nSPS) is 16.3. The highest BCUT2D eigenvalue weighted by molar-refractivity contribution is 7.90. The van der Waals surface area contributed by atoms with Crippen molar-refractivity contribution in [2.75, 3.05) is 6.61 Å². The molecule has 1 aliphatic heterocycles. The second-order valence-electron chi connectivity index (χ2n) is 4.92. The van der Waals surface area contributed by atoms with E-state index in [9.17, 15) is 8.42 Å². The van der Waals surface area contributed by atoms with Crippen molar-refractivity contribution < 1.29 is 13.2 Å². The number of aryl methyl sites for hydroxylation is 1. The predicted octanol–water partition coefficient (Wildman–Crippen LogP) is 2.96. The summed E-state index contributed by atoms with van der Waals surface area (Å²) in [5.74, 6) is 0.682. The van der Waals surface area contributed by atoms with Crippen LogP contribution in [-0.4, -0.2) is 20.7 Å². The van der Waals surface area contributed by atoms with Gasteiger partial charge in [0.1, 0.15) is 5.75 Å². The van der Waals surface area contributed by atoms with Gasteiger partial charge in [-0.05, 0) is 31.2 Å². The van der Waals surface area contributed by atoms with Crippen LogP contribution in [0.2, 0.25) is 0 Å². The lowest BCUT2D eigenvalue weighted by atomic mass is 10.0.